The molecule has 0 saturated heterocycles. The van der Waals surface area contributed by atoms with Crippen molar-refractivity contribution in [2.24, 2.45) is 4.99 Å². The number of sulfone groups is 1. The molecule has 1 aliphatic rings. The van der Waals surface area contributed by atoms with Crippen LogP contribution in [0.2, 0.25) is 10.2 Å². The number of aliphatic imine (C=N–C) groups is 1. The molecule has 2 heterocycles. The van der Waals surface area contributed by atoms with Crippen LogP contribution in [0.4, 0.5) is 0 Å². The highest BCUT2D eigenvalue weighted by molar-refractivity contribution is 7.92. The second kappa shape index (κ2) is 8.94. The maximum Gasteiger partial charge on any atom is 0.302 e. The fourth-order valence-electron chi connectivity index (χ4n) is 3.77. The Hall–Kier alpha value is -2.26. The maximum absolute atomic E-state index is 14.0. The van der Waals surface area contributed by atoms with Gasteiger partial charge in [-0.15, -0.1) is 0 Å². The fraction of sp³-hybridized carbons (Fsp3) is 0.318. The highest BCUT2D eigenvalue weighted by atomic mass is 35.5. The molecule has 0 amide bonds. The van der Waals surface area contributed by atoms with Gasteiger partial charge < -0.3 is 9.84 Å². The van der Waals surface area contributed by atoms with Crippen molar-refractivity contribution >= 4 is 45.2 Å². The standard InChI is InChI=1S/C22H22Cl2N2O5S/c1-14-12-16(8-9-17(14)23)32(29,30)20(21(3)10-5-11-25-21)22(28,13-31-15(2)27)18-6-4-7-19(24)26-18/h4-12,20,28H,13H2,1-3H3. The van der Waals surface area contributed by atoms with Crippen molar-refractivity contribution < 1.29 is 23.1 Å². The number of hydrogen-bond acceptors (Lipinski definition) is 7. The van der Waals surface area contributed by atoms with Crippen molar-refractivity contribution in [2.75, 3.05) is 6.61 Å². The molecule has 1 aliphatic heterocycles. The van der Waals surface area contributed by atoms with Gasteiger partial charge in [-0.05, 0) is 55.8 Å². The van der Waals surface area contributed by atoms with Crippen LogP contribution < -0.4 is 0 Å². The van der Waals surface area contributed by atoms with E-state index >= 15 is 0 Å². The van der Waals surface area contributed by atoms with Gasteiger partial charge in [0, 0.05) is 18.2 Å². The van der Waals surface area contributed by atoms with Crippen LogP contribution in [0.3, 0.4) is 0 Å². The van der Waals surface area contributed by atoms with Gasteiger partial charge in [0.2, 0.25) is 0 Å². The second-order valence-electron chi connectivity index (χ2n) is 7.75. The second-order valence-corrected chi connectivity index (χ2v) is 10.6. The van der Waals surface area contributed by atoms with Crippen molar-refractivity contribution in [3.63, 3.8) is 0 Å². The first-order valence-electron chi connectivity index (χ1n) is 9.62. The smallest absolute Gasteiger partial charge is 0.302 e. The van der Waals surface area contributed by atoms with E-state index in [1.54, 1.807) is 26.0 Å². The van der Waals surface area contributed by atoms with Crippen LogP contribution in [0.15, 0.2) is 58.4 Å². The number of carbonyl (C=O) groups excluding carboxylic acids is 1. The third kappa shape index (κ3) is 4.59. The van der Waals surface area contributed by atoms with Gasteiger partial charge in [-0.25, -0.2) is 13.4 Å². The van der Waals surface area contributed by atoms with E-state index in [0.717, 1.165) is 6.92 Å². The van der Waals surface area contributed by atoms with Crippen LogP contribution in [0.25, 0.3) is 0 Å². The number of esters is 1. The molecule has 3 unspecified atom stereocenters. The average Bonchev–Trinajstić information content (AvgIpc) is 3.14. The van der Waals surface area contributed by atoms with Gasteiger partial charge in [-0.3, -0.25) is 9.79 Å². The predicted octanol–water partition coefficient (Wildman–Crippen LogP) is 3.69. The lowest BCUT2D eigenvalue weighted by Gasteiger charge is -2.41. The first kappa shape index (κ1) is 24.4. The summed E-state index contributed by atoms with van der Waals surface area (Å²) in [6.45, 7) is 3.73. The quantitative estimate of drug-likeness (QED) is 0.462. The van der Waals surface area contributed by atoms with Crippen LogP contribution in [-0.4, -0.2) is 48.1 Å². The van der Waals surface area contributed by atoms with E-state index in [4.69, 9.17) is 27.9 Å². The van der Waals surface area contributed by atoms with Crippen molar-refractivity contribution in [3.8, 4) is 0 Å². The molecule has 170 valence electrons. The molecule has 3 rings (SSSR count). The highest BCUT2D eigenvalue weighted by Gasteiger charge is 2.57. The van der Waals surface area contributed by atoms with E-state index in [9.17, 15) is 18.3 Å². The number of benzene rings is 1. The lowest BCUT2D eigenvalue weighted by Crippen LogP contribution is -2.58. The van der Waals surface area contributed by atoms with Gasteiger partial charge in [0.15, 0.2) is 15.4 Å². The number of aryl methyl sites for hydroxylation is 1. The molecule has 0 aliphatic carbocycles. The van der Waals surface area contributed by atoms with Gasteiger partial charge in [0.05, 0.1) is 16.1 Å². The number of rotatable bonds is 7. The number of hydrogen-bond donors (Lipinski definition) is 1. The van der Waals surface area contributed by atoms with E-state index in [2.05, 4.69) is 9.98 Å². The Morgan fingerprint density at radius 1 is 1.28 bits per heavy atom. The summed E-state index contributed by atoms with van der Waals surface area (Å²) >= 11 is 12.1. The van der Waals surface area contributed by atoms with E-state index in [1.165, 1.54) is 42.6 Å². The van der Waals surface area contributed by atoms with Crippen molar-refractivity contribution in [1.82, 2.24) is 4.98 Å². The normalized spacial score (nSPS) is 20.7. The average molecular weight is 497 g/mol. The summed E-state index contributed by atoms with van der Waals surface area (Å²) in [5.74, 6) is -0.695. The molecule has 0 spiro atoms. The van der Waals surface area contributed by atoms with Crippen LogP contribution >= 0.6 is 23.2 Å². The SMILES string of the molecule is CC(=O)OCC(O)(c1cccc(Cl)n1)C(C1(C)C=CC=N1)S(=O)(=O)c1ccc(Cl)c(C)c1. The summed E-state index contributed by atoms with van der Waals surface area (Å²) in [4.78, 5) is 20.0. The number of allylic oxidation sites excluding steroid dienone is 1. The number of ether oxygens (including phenoxy) is 1. The Morgan fingerprint density at radius 2 is 2.00 bits per heavy atom. The van der Waals surface area contributed by atoms with E-state index in [-0.39, 0.29) is 15.7 Å². The third-order valence-corrected chi connectivity index (χ3v) is 8.29. The zero-order valence-corrected chi connectivity index (χ0v) is 19.9. The molecule has 32 heavy (non-hydrogen) atoms. The lowest BCUT2D eigenvalue weighted by molar-refractivity contribution is -0.150. The fourth-order valence-corrected chi connectivity index (χ4v) is 6.39. The van der Waals surface area contributed by atoms with Crippen LogP contribution in [0.5, 0.6) is 0 Å². The Labute approximate surface area is 196 Å². The molecule has 0 bridgehead atoms. The molecule has 1 N–H and O–H groups in total. The number of aliphatic hydroxyl groups is 1. The van der Waals surface area contributed by atoms with Gasteiger partial charge >= 0.3 is 5.97 Å². The molecule has 1 aromatic carbocycles. The topological polar surface area (TPSA) is 106 Å². The molecule has 10 heteroatoms. The van der Waals surface area contributed by atoms with Crippen LogP contribution in [0, 0.1) is 6.92 Å². The first-order valence-corrected chi connectivity index (χ1v) is 11.9. The minimum Gasteiger partial charge on any atom is -0.462 e. The lowest BCUT2D eigenvalue weighted by atomic mass is 9.83. The Bertz CT molecular complexity index is 1200. The Morgan fingerprint density at radius 3 is 2.56 bits per heavy atom. The summed E-state index contributed by atoms with van der Waals surface area (Å²) < 4.78 is 33.2. The van der Waals surface area contributed by atoms with Crippen LogP contribution in [0.1, 0.15) is 25.1 Å². The number of halogens is 2. The molecule has 2 aromatic rings. The summed E-state index contributed by atoms with van der Waals surface area (Å²) in [6.07, 6.45) is 4.61. The maximum atomic E-state index is 14.0. The molecule has 1 aromatic heterocycles. The molecule has 0 fully saturated rings. The summed E-state index contributed by atoms with van der Waals surface area (Å²) in [7, 11) is -4.30. The van der Waals surface area contributed by atoms with E-state index < -0.39 is 38.8 Å². The number of carbonyl (C=O) groups is 1. The van der Waals surface area contributed by atoms with E-state index in [0.29, 0.717) is 10.6 Å². The number of aromatic nitrogens is 1. The summed E-state index contributed by atoms with van der Waals surface area (Å²) in [5, 5.41) is 10.8. The molecule has 0 saturated carbocycles. The third-order valence-electron chi connectivity index (χ3n) is 5.26. The minimum absolute atomic E-state index is 0.0397. The van der Waals surface area contributed by atoms with E-state index in [1.807, 2.05) is 0 Å². The molecular weight excluding hydrogens is 475 g/mol. The number of nitrogens with zero attached hydrogens (tertiary/aromatic N) is 2. The molecule has 7 nitrogen and oxygen atoms in total. The molecular formula is C22H22Cl2N2O5S. The Balaban J connectivity index is 2.31. The highest BCUT2D eigenvalue weighted by Crippen LogP contribution is 2.42. The Kier molecular flexibility index (Phi) is 6.81. The molecule has 0 radical (unpaired) electrons. The van der Waals surface area contributed by atoms with Crippen LogP contribution in [-0.2, 0) is 25.0 Å². The molecule has 3 atom stereocenters. The largest absolute Gasteiger partial charge is 0.462 e. The van der Waals surface area contributed by atoms with Crippen molar-refractivity contribution in [2.45, 2.75) is 42.1 Å². The number of pyridine rings is 1. The van der Waals surface area contributed by atoms with Crippen molar-refractivity contribution in [3.05, 3.63) is 70.0 Å². The van der Waals surface area contributed by atoms with Crippen molar-refractivity contribution in [1.29, 1.82) is 0 Å². The summed E-state index contributed by atoms with van der Waals surface area (Å²) in [6, 6.07) is 8.69. The summed E-state index contributed by atoms with van der Waals surface area (Å²) in [5.41, 5.74) is -3.21. The first-order chi connectivity index (χ1) is 14.9. The monoisotopic (exact) mass is 496 g/mol. The van der Waals surface area contributed by atoms with Gasteiger partial charge in [0.1, 0.15) is 17.0 Å². The van der Waals surface area contributed by atoms with Gasteiger partial charge in [0.25, 0.3) is 0 Å². The zero-order valence-electron chi connectivity index (χ0n) is 17.6. The van der Waals surface area contributed by atoms with Gasteiger partial charge in [-0.2, -0.15) is 0 Å². The van der Waals surface area contributed by atoms with Gasteiger partial charge in [-0.1, -0.05) is 35.3 Å². The minimum atomic E-state index is -4.30. The zero-order chi connectivity index (χ0) is 23.7. The predicted molar refractivity (Wildman–Crippen MR) is 123 cm³/mol.